The highest BCUT2D eigenvalue weighted by molar-refractivity contribution is 4.91. The Kier molecular flexibility index (Phi) is 12.2. The molecule has 0 saturated carbocycles. The van der Waals surface area contributed by atoms with Crippen LogP contribution in [0.2, 0.25) is 0 Å². The molecule has 0 saturated heterocycles. The van der Waals surface area contributed by atoms with Crippen molar-refractivity contribution < 1.29 is 9.85 Å². The topological polar surface area (TPSA) is 86.3 Å². The van der Waals surface area contributed by atoms with Crippen molar-refractivity contribution in [3.8, 4) is 0 Å². The van der Waals surface area contributed by atoms with Crippen LogP contribution in [-0.2, 0) is 0 Å². The fraction of sp³-hybridized carbons (Fsp3) is 0.733. The average molecular weight is 298 g/mol. The van der Waals surface area contributed by atoms with Crippen molar-refractivity contribution in [2.24, 2.45) is 0 Å². The van der Waals surface area contributed by atoms with E-state index in [1.165, 1.54) is 0 Å². The molecule has 0 bridgehead atoms. The summed E-state index contributed by atoms with van der Waals surface area (Å²) < 4.78 is 0. The maximum absolute atomic E-state index is 10.9. The predicted octanol–water partition coefficient (Wildman–Crippen LogP) is 4.86. The van der Waals surface area contributed by atoms with Crippen molar-refractivity contribution in [2.45, 2.75) is 71.1 Å². The molecule has 0 spiro atoms. The lowest BCUT2D eigenvalue weighted by Gasteiger charge is -2.00. The van der Waals surface area contributed by atoms with Gasteiger partial charge in [-0.15, -0.1) is 0 Å². The van der Waals surface area contributed by atoms with Crippen LogP contribution in [0.4, 0.5) is 0 Å². The van der Waals surface area contributed by atoms with Crippen LogP contribution in [0.5, 0.6) is 0 Å². The van der Waals surface area contributed by atoms with Crippen molar-refractivity contribution in [3.05, 3.63) is 44.3 Å². The number of hydrogen-bond donors (Lipinski definition) is 0. The molecule has 0 aromatic carbocycles. The summed E-state index contributed by atoms with van der Waals surface area (Å²) in [6, 6.07) is 0. The number of hydrogen-bond acceptors (Lipinski definition) is 4. The number of allylic oxidation sites excluding steroid dienone is 3. The first-order chi connectivity index (χ1) is 10.1. The summed E-state index contributed by atoms with van der Waals surface area (Å²) in [6.45, 7) is 2.11. The lowest BCUT2D eigenvalue weighted by Crippen LogP contribution is -1.99. The van der Waals surface area contributed by atoms with Gasteiger partial charge in [-0.3, -0.25) is 20.2 Å². The molecule has 120 valence electrons. The third kappa shape index (κ3) is 13.0. The van der Waals surface area contributed by atoms with E-state index in [2.05, 4.69) is 6.92 Å². The van der Waals surface area contributed by atoms with Crippen LogP contribution < -0.4 is 0 Å². The highest BCUT2D eigenvalue weighted by Crippen LogP contribution is 2.13. The highest BCUT2D eigenvalue weighted by Gasteiger charge is 2.09. The number of nitro groups is 2. The Balaban J connectivity index is 3.74. The Bertz CT molecular complexity index is 365. The molecule has 21 heavy (non-hydrogen) atoms. The maximum Gasteiger partial charge on any atom is 0.242 e. The second-order valence-corrected chi connectivity index (χ2v) is 5.07. The van der Waals surface area contributed by atoms with E-state index in [1.54, 1.807) is 12.2 Å². The summed E-state index contributed by atoms with van der Waals surface area (Å²) in [7, 11) is 0. The first kappa shape index (κ1) is 19.3. The van der Waals surface area contributed by atoms with E-state index in [1.807, 2.05) is 0 Å². The number of unbranched alkanes of at least 4 members (excludes halogenated alkanes) is 7. The second-order valence-electron chi connectivity index (χ2n) is 5.07. The van der Waals surface area contributed by atoms with Crippen molar-refractivity contribution in [3.63, 3.8) is 0 Å². The van der Waals surface area contributed by atoms with E-state index in [-0.39, 0.29) is 4.92 Å². The zero-order valence-corrected chi connectivity index (χ0v) is 12.8. The number of rotatable bonds is 13. The van der Waals surface area contributed by atoms with Crippen LogP contribution in [0.15, 0.2) is 24.0 Å². The zero-order valence-electron chi connectivity index (χ0n) is 12.8. The Morgan fingerprint density at radius 2 is 1.62 bits per heavy atom. The minimum Gasteiger partial charge on any atom is -0.259 e. The minimum atomic E-state index is -0.466. The smallest absolute Gasteiger partial charge is 0.242 e. The summed E-state index contributed by atoms with van der Waals surface area (Å²) in [5.74, 6) is 0. The van der Waals surface area contributed by atoms with Gasteiger partial charge in [-0.2, -0.15) is 0 Å². The first-order valence-electron chi connectivity index (χ1n) is 7.71. The standard InChI is InChI=1S/C15H26N2O4/c1-2-3-4-9-12-15(17(20)21)13-10-7-5-6-8-11-14-16(18)19/h11-12,14H,2-10,13H2,1H3. The third-order valence-corrected chi connectivity index (χ3v) is 3.20. The van der Waals surface area contributed by atoms with E-state index in [0.717, 1.165) is 57.6 Å². The van der Waals surface area contributed by atoms with E-state index < -0.39 is 4.92 Å². The minimum absolute atomic E-state index is 0.272. The molecule has 0 unspecified atom stereocenters. The molecule has 0 aliphatic carbocycles. The summed E-state index contributed by atoms with van der Waals surface area (Å²) in [5.41, 5.74) is 0.333. The molecule has 0 amide bonds. The molecule has 0 rings (SSSR count). The summed E-state index contributed by atoms with van der Waals surface area (Å²) in [4.78, 5) is 20.2. The summed E-state index contributed by atoms with van der Waals surface area (Å²) >= 11 is 0. The van der Waals surface area contributed by atoms with Crippen molar-refractivity contribution in [2.75, 3.05) is 0 Å². The van der Waals surface area contributed by atoms with Gasteiger partial charge in [0.2, 0.25) is 11.9 Å². The molecule has 6 nitrogen and oxygen atoms in total. The number of nitrogens with zero attached hydrogens (tertiary/aromatic N) is 2. The van der Waals surface area contributed by atoms with Gasteiger partial charge in [-0.05, 0) is 44.3 Å². The van der Waals surface area contributed by atoms with E-state index in [9.17, 15) is 20.2 Å². The lowest BCUT2D eigenvalue weighted by atomic mass is 10.1. The molecular weight excluding hydrogens is 272 g/mol. The van der Waals surface area contributed by atoms with Gasteiger partial charge in [-0.1, -0.05) is 32.6 Å². The predicted molar refractivity (Wildman–Crippen MR) is 83.1 cm³/mol. The van der Waals surface area contributed by atoms with Crippen LogP contribution in [0, 0.1) is 20.2 Å². The van der Waals surface area contributed by atoms with Crippen molar-refractivity contribution in [1.29, 1.82) is 0 Å². The van der Waals surface area contributed by atoms with Gasteiger partial charge in [0, 0.05) is 6.42 Å². The van der Waals surface area contributed by atoms with Gasteiger partial charge < -0.3 is 0 Å². The van der Waals surface area contributed by atoms with Crippen LogP contribution in [0.3, 0.4) is 0 Å². The second kappa shape index (κ2) is 13.3. The molecule has 0 radical (unpaired) electrons. The molecule has 0 aliphatic heterocycles. The molecule has 0 fully saturated rings. The molecule has 0 heterocycles. The largest absolute Gasteiger partial charge is 0.259 e. The van der Waals surface area contributed by atoms with Gasteiger partial charge >= 0.3 is 0 Å². The molecular formula is C15H26N2O4. The van der Waals surface area contributed by atoms with Crippen molar-refractivity contribution in [1.82, 2.24) is 0 Å². The van der Waals surface area contributed by atoms with Crippen LogP contribution in [0.25, 0.3) is 0 Å². The van der Waals surface area contributed by atoms with E-state index in [0.29, 0.717) is 18.5 Å². The quantitative estimate of drug-likeness (QED) is 0.276. The molecule has 0 aromatic rings. The highest BCUT2D eigenvalue weighted by atomic mass is 16.6. The molecule has 0 aromatic heterocycles. The summed E-state index contributed by atoms with van der Waals surface area (Å²) in [6.07, 6.45) is 13.1. The maximum atomic E-state index is 10.9. The van der Waals surface area contributed by atoms with E-state index in [4.69, 9.17) is 0 Å². The average Bonchev–Trinajstić information content (AvgIpc) is 2.43. The molecule has 0 N–H and O–H groups in total. The lowest BCUT2D eigenvalue weighted by molar-refractivity contribution is -0.428. The Morgan fingerprint density at radius 3 is 2.24 bits per heavy atom. The van der Waals surface area contributed by atoms with Gasteiger partial charge in [0.15, 0.2) is 0 Å². The molecule has 0 aliphatic rings. The molecule has 6 heteroatoms. The fourth-order valence-corrected chi connectivity index (χ4v) is 2.01. The van der Waals surface area contributed by atoms with Crippen LogP contribution in [-0.4, -0.2) is 9.85 Å². The fourth-order valence-electron chi connectivity index (χ4n) is 2.01. The normalized spacial score (nSPS) is 12.0. The van der Waals surface area contributed by atoms with Crippen LogP contribution in [0.1, 0.15) is 71.1 Å². The Labute approximate surface area is 126 Å². The third-order valence-electron chi connectivity index (χ3n) is 3.20. The van der Waals surface area contributed by atoms with Gasteiger partial charge in [0.05, 0.1) is 9.85 Å². The van der Waals surface area contributed by atoms with Gasteiger partial charge in [0.1, 0.15) is 0 Å². The monoisotopic (exact) mass is 298 g/mol. The Morgan fingerprint density at radius 1 is 0.952 bits per heavy atom. The first-order valence-corrected chi connectivity index (χ1v) is 7.71. The zero-order chi connectivity index (χ0) is 15.9. The summed E-state index contributed by atoms with van der Waals surface area (Å²) in [5, 5.41) is 20.9. The van der Waals surface area contributed by atoms with Gasteiger partial charge in [-0.25, -0.2) is 0 Å². The molecule has 0 atom stereocenters. The van der Waals surface area contributed by atoms with Crippen molar-refractivity contribution >= 4 is 0 Å². The van der Waals surface area contributed by atoms with Crippen LogP contribution >= 0.6 is 0 Å². The van der Waals surface area contributed by atoms with Gasteiger partial charge in [0.25, 0.3) is 0 Å². The Hall–Kier alpha value is -1.72. The van der Waals surface area contributed by atoms with E-state index >= 15 is 0 Å². The SMILES string of the molecule is CCCCCC=C(CCCCCCC=C[N+](=O)[O-])[N+](=O)[O-].